The summed E-state index contributed by atoms with van der Waals surface area (Å²) < 4.78 is 10.7. The third-order valence-electron chi connectivity index (χ3n) is 5.08. The Labute approximate surface area is 164 Å². The van der Waals surface area contributed by atoms with Gasteiger partial charge in [0.05, 0.1) is 13.2 Å². The molecule has 0 aromatic heterocycles. The highest BCUT2D eigenvalue weighted by Gasteiger charge is 2.25. The number of nitrogens with one attached hydrogen (secondary N) is 2. The maximum atomic E-state index is 5.62. The van der Waals surface area contributed by atoms with Crippen LogP contribution in [-0.4, -0.2) is 64.9 Å². The molecule has 1 aliphatic rings. The lowest BCUT2D eigenvalue weighted by Crippen LogP contribution is -2.43. The Balaban J connectivity index is 1.91. The second-order valence-corrected chi connectivity index (χ2v) is 6.93. The van der Waals surface area contributed by atoms with Gasteiger partial charge >= 0.3 is 0 Å². The van der Waals surface area contributed by atoms with Gasteiger partial charge in [0.15, 0.2) is 5.96 Å². The number of hydrogen-bond acceptors (Lipinski definition) is 4. The summed E-state index contributed by atoms with van der Waals surface area (Å²) in [6, 6.07) is 8.62. The second kappa shape index (κ2) is 12.6. The number of benzene rings is 1. The lowest BCUT2D eigenvalue weighted by molar-refractivity contribution is 0.192. The fourth-order valence-corrected chi connectivity index (χ4v) is 3.60. The van der Waals surface area contributed by atoms with Crippen molar-refractivity contribution < 1.29 is 9.47 Å². The molecular weight excluding hydrogens is 340 g/mol. The summed E-state index contributed by atoms with van der Waals surface area (Å²) in [6.45, 7) is 4.84. The molecule has 1 saturated heterocycles. The van der Waals surface area contributed by atoms with Crippen LogP contribution in [0.4, 0.5) is 0 Å². The van der Waals surface area contributed by atoms with Crippen LogP contribution in [0, 0.1) is 0 Å². The van der Waals surface area contributed by atoms with Crippen LogP contribution in [0.3, 0.4) is 0 Å². The van der Waals surface area contributed by atoms with Crippen LogP contribution >= 0.6 is 0 Å². The summed E-state index contributed by atoms with van der Waals surface area (Å²) >= 11 is 0. The second-order valence-electron chi connectivity index (χ2n) is 6.93. The SMILES string of the molecule is CN=C(NCCCCCOC)NCC(c1ccccc1OC)N1CCCC1. The zero-order valence-electron chi connectivity index (χ0n) is 17.2. The van der Waals surface area contributed by atoms with E-state index in [2.05, 4.69) is 32.7 Å². The third kappa shape index (κ3) is 7.03. The molecule has 0 aliphatic carbocycles. The number of likely N-dealkylation sites (tertiary alicyclic amines) is 1. The number of guanidine groups is 1. The average Bonchev–Trinajstić information content (AvgIpc) is 3.24. The Morgan fingerprint density at radius 1 is 1.11 bits per heavy atom. The standard InChI is InChI=1S/C21H36N4O2/c1-22-21(23-13-7-4-10-16-26-2)24-17-19(25-14-8-9-15-25)18-11-5-6-12-20(18)27-3/h5-6,11-12,19H,4,7-10,13-17H2,1-3H3,(H2,22,23,24). The van der Waals surface area contributed by atoms with E-state index in [1.807, 2.05) is 19.2 Å². The number of aliphatic imine (C=N–C) groups is 1. The van der Waals surface area contributed by atoms with Crippen molar-refractivity contribution in [2.24, 2.45) is 4.99 Å². The highest BCUT2D eigenvalue weighted by Crippen LogP contribution is 2.31. The van der Waals surface area contributed by atoms with Gasteiger partial charge in [-0.25, -0.2) is 0 Å². The fraction of sp³-hybridized carbons (Fsp3) is 0.667. The van der Waals surface area contributed by atoms with Crippen LogP contribution in [0.15, 0.2) is 29.3 Å². The molecule has 1 fully saturated rings. The van der Waals surface area contributed by atoms with E-state index in [9.17, 15) is 0 Å². The molecule has 6 heteroatoms. The Bertz CT molecular complexity index is 559. The molecule has 1 heterocycles. The summed E-state index contributed by atoms with van der Waals surface area (Å²) in [7, 11) is 5.33. The van der Waals surface area contributed by atoms with Gasteiger partial charge < -0.3 is 20.1 Å². The number of hydrogen-bond donors (Lipinski definition) is 2. The van der Waals surface area contributed by atoms with Crippen molar-refractivity contribution in [1.29, 1.82) is 0 Å². The normalized spacial score (nSPS) is 16.3. The van der Waals surface area contributed by atoms with E-state index in [0.29, 0.717) is 0 Å². The molecule has 1 unspecified atom stereocenters. The predicted molar refractivity (Wildman–Crippen MR) is 112 cm³/mol. The molecule has 1 aromatic rings. The van der Waals surface area contributed by atoms with E-state index in [0.717, 1.165) is 63.8 Å². The molecule has 2 rings (SSSR count). The van der Waals surface area contributed by atoms with Gasteiger partial charge in [-0.2, -0.15) is 0 Å². The Morgan fingerprint density at radius 3 is 2.59 bits per heavy atom. The van der Waals surface area contributed by atoms with Crippen molar-refractivity contribution in [3.8, 4) is 5.75 Å². The molecule has 0 saturated carbocycles. The van der Waals surface area contributed by atoms with E-state index in [1.54, 1.807) is 14.2 Å². The van der Waals surface area contributed by atoms with Crippen LogP contribution < -0.4 is 15.4 Å². The zero-order chi connectivity index (χ0) is 19.3. The maximum absolute atomic E-state index is 5.62. The maximum Gasteiger partial charge on any atom is 0.191 e. The predicted octanol–water partition coefficient (Wildman–Crippen LogP) is 2.81. The van der Waals surface area contributed by atoms with Crippen LogP contribution in [0.1, 0.15) is 43.7 Å². The van der Waals surface area contributed by atoms with Crippen molar-refractivity contribution in [1.82, 2.24) is 15.5 Å². The molecule has 2 N–H and O–H groups in total. The summed E-state index contributed by atoms with van der Waals surface area (Å²) in [5.41, 5.74) is 1.24. The number of nitrogens with zero attached hydrogens (tertiary/aromatic N) is 2. The van der Waals surface area contributed by atoms with Gasteiger partial charge in [-0.3, -0.25) is 9.89 Å². The van der Waals surface area contributed by atoms with Crippen LogP contribution in [-0.2, 0) is 4.74 Å². The first-order chi connectivity index (χ1) is 13.3. The first kappa shape index (κ1) is 21.5. The number of unbranched alkanes of at least 4 members (excludes halogenated alkanes) is 2. The van der Waals surface area contributed by atoms with Crippen molar-refractivity contribution in [2.45, 2.75) is 38.1 Å². The quantitative estimate of drug-likeness (QED) is 0.353. The molecule has 0 radical (unpaired) electrons. The minimum Gasteiger partial charge on any atom is -0.496 e. The Morgan fingerprint density at radius 2 is 1.89 bits per heavy atom. The molecule has 1 atom stereocenters. The molecular formula is C21H36N4O2. The highest BCUT2D eigenvalue weighted by molar-refractivity contribution is 5.79. The van der Waals surface area contributed by atoms with Gasteiger partial charge in [0.25, 0.3) is 0 Å². The minimum atomic E-state index is 0.281. The van der Waals surface area contributed by atoms with E-state index in [4.69, 9.17) is 9.47 Å². The van der Waals surface area contributed by atoms with Crippen molar-refractivity contribution in [3.05, 3.63) is 29.8 Å². The van der Waals surface area contributed by atoms with Crippen LogP contribution in [0.5, 0.6) is 5.75 Å². The van der Waals surface area contributed by atoms with Crippen molar-refractivity contribution in [2.75, 3.05) is 54.1 Å². The van der Waals surface area contributed by atoms with E-state index in [1.165, 1.54) is 18.4 Å². The Kier molecular flexibility index (Phi) is 10.0. The van der Waals surface area contributed by atoms with Gasteiger partial charge in [-0.05, 0) is 51.3 Å². The summed E-state index contributed by atoms with van der Waals surface area (Å²) in [4.78, 5) is 6.92. The lowest BCUT2D eigenvalue weighted by Gasteiger charge is -2.30. The number of methoxy groups -OCH3 is 2. The smallest absolute Gasteiger partial charge is 0.191 e. The first-order valence-corrected chi connectivity index (χ1v) is 10.1. The first-order valence-electron chi connectivity index (χ1n) is 10.1. The molecule has 0 amide bonds. The monoisotopic (exact) mass is 376 g/mol. The fourth-order valence-electron chi connectivity index (χ4n) is 3.60. The highest BCUT2D eigenvalue weighted by atomic mass is 16.5. The van der Waals surface area contributed by atoms with Gasteiger partial charge in [0.1, 0.15) is 5.75 Å². The zero-order valence-corrected chi connectivity index (χ0v) is 17.2. The number of rotatable bonds is 11. The van der Waals surface area contributed by atoms with Crippen LogP contribution in [0.25, 0.3) is 0 Å². The molecule has 0 spiro atoms. The number of ether oxygens (including phenoxy) is 2. The number of para-hydroxylation sites is 1. The van der Waals surface area contributed by atoms with Gasteiger partial charge in [0, 0.05) is 39.4 Å². The van der Waals surface area contributed by atoms with E-state index >= 15 is 0 Å². The molecule has 0 bridgehead atoms. The summed E-state index contributed by atoms with van der Waals surface area (Å²) in [5.74, 6) is 1.82. The van der Waals surface area contributed by atoms with Gasteiger partial charge in [-0.15, -0.1) is 0 Å². The van der Waals surface area contributed by atoms with Crippen molar-refractivity contribution >= 4 is 5.96 Å². The lowest BCUT2D eigenvalue weighted by atomic mass is 10.0. The van der Waals surface area contributed by atoms with Gasteiger partial charge in [0.2, 0.25) is 0 Å². The topological polar surface area (TPSA) is 58.1 Å². The third-order valence-corrected chi connectivity index (χ3v) is 5.08. The molecule has 6 nitrogen and oxygen atoms in total. The minimum absolute atomic E-state index is 0.281. The van der Waals surface area contributed by atoms with Crippen molar-refractivity contribution in [3.63, 3.8) is 0 Å². The largest absolute Gasteiger partial charge is 0.496 e. The average molecular weight is 377 g/mol. The van der Waals surface area contributed by atoms with E-state index < -0.39 is 0 Å². The Hall–Kier alpha value is -1.79. The molecule has 1 aliphatic heterocycles. The van der Waals surface area contributed by atoms with E-state index in [-0.39, 0.29) is 6.04 Å². The van der Waals surface area contributed by atoms with Crippen LogP contribution in [0.2, 0.25) is 0 Å². The summed E-state index contributed by atoms with van der Waals surface area (Å²) in [5, 5.41) is 6.94. The molecule has 27 heavy (non-hydrogen) atoms. The molecule has 152 valence electrons. The summed E-state index contributed by atoms with van der Waals surface area (Å²) in [6.07, 6.45) is 5.91. The molecule has 1 aromatic carbocycles. The van der Waals surface area contributed by atoms with Gasteiger partial charge in [-0.1, -0.05) is 18.2 Å².